The maximum atomic E-state index is 13.6. The van der Waals surface area contributed by atoms with Crippen molar-refractivity contribution in [3.05, 3.63) is 96.1 Å². The molecule has 2 N–H and O–H groups in total. The highest BCUT2D eigenvalue weighted by Crippen LogP contribution is 2.23. The van der Waals surface area contributed by atoms with E-state index in [0.29, 0.717) is 5.69 Å². The standard InChI is InChI=1S/C31H37N3O6S/c1-22(2)19-33(41(38,39)26-16-14-23(3)15-17-26)20-28(35)27(18-24-10-6-4-7-11-24)32-30(36)29-21-34(31(37)40-29)25-12-8-5-9-13-25/h4-17,22,27-29,35H,18-21H2,1-3H3,(H,32,36)/t27-,28+,29-/m0/s1. The third-order valence-corrected chi connectivity index (χ3v) is 8.73. The molecule has 0 radical (unpaired) electrons. The van der Waals surface area contributed by atoms with Gasteiger partial charge in [0.2, 0.25) is 10.0 Å². The second-order valence-corrected chi connectivity index (χ2v) is 12.7. The first-order chi connectivity index (χ1) is 19.5. The van der Waals surface area contributed by atoms with E-state index in [1.807, 2.05) is 57.2 Å². The number of nitrogens with one attached hydrogen (secondary N) is 1. The van der Waals surface area contributed by atoms with Crippen LogP contribution in [0, 0.1) is 12.8 Å². The molecule has 0 saturated carbocycles. The zero-order valence-electron chi connectivity index (χ0n) is 23.5. The van der Waals surface area contributed by atoms with Crippen molar-refractivity contribution < 1.29 is 27.9 Å². The number of para-hydroxylation sites is 1. The van der Waals surface area contributed by atoms with Gasteiger partial charge in [-0.25, -0.2) is 13.2 Å². The summed E-state index contributed by atoms with van der Waals surface area (Å²) in [7, 11) is -3.92. The van der Waals surface area contributed by atoms with Crippen LogP contribution in [0.15, 0.2) is 89.8 Å². The number of aryl methyl sites for hydroxylation is 1. The van der Waals surface area contributed by atoms with Gasteiger partial charge < -0.3 is 15.2 Å². The summed E-state index contributed by atoms with van der Waals surface area (Å²) >= 11 is 0. The smallest absolute Gasteiger partial charge is 0.415 e. The average Bonchev–Trinajstić information content (AvgIpc) is 3.35. The maximum absolute atomic E-state index is 13.6. The van der Waals surface area contributed by atoms with E-state index in [1.54, 1.807) is 48.5 Å². The van der Waals surface area contributed by atoms with Gasteiger partial charge in [-0.15, -0.1) is 0 Å². The molecule has 0 bridgehead atoms. The Balaban J connectivity index is 1.54. The van der Waals surface area contributed by atoms with Crippen molar-refractivity contribution in [1.29, 1.82) is 0 Å². The lowest BCUT2D eigenvalue weighted by Gasteiger charge is -2.31. The number of nitrogens with zero attached hydrogens (tertiary/aromatic N) is 2. The monoisotopic (exact) mass is 579 g/mol. The number of benzene rings is 3. The second kappa shape index (κ2) is 13.3. The number of sulfonamides is 1. The number of aliphatic hydroxyl groups is 1. The van der Waals surface area contributed by atoms with Crippen molar-refractivity contribution in [2.45, 2.75) is 50.3 Å². The van der Waals surface area contributed by atoms with Gasteiger partial charge in [-0.05, 0) is 49.1 Å². The van der Waals surface area contributed by atoms with Crippen LogP contribution in [0.4, 0.5) is 10.5 Å². The van der Waals surface area contributed by atoms with Crippen LogP contribution in [0.5, 0.6) is 0 Å². The van der Waals surface area contributed by atoms with Gasteiger partial charge >= 0.3 is 6.09 Å². The van der Waals surface area contributed by atoms with E-state index in [-0.39, 0.29) is 36.9 Å². The number of ether oxygens (including phenoxy) is 1. The molecule has 4 rings (SSSR count). The summed E-state index contributed by atoms with van der Waals surface area (Å²) in [6.45, 7) is 5.66. The first kappa shape index (κ1) is 30.2. The lowest BCUT2D eigenvalue weighted by Crippen LogP contribution is -2.53. The zero-order valence-corrected chi connectivity index (χ0v) is 24.3. The molecule has 1 fully saturated rings. The molecular weight excluding hydrogens is 542 g/mol. The Morgan fingerprint density at radius 1 is 1.00 bits per heavy atom. The van der Waals surface area contributed by atoms with Gasteiger partial charge in [0.25, 0.3) is 5.91 Å². The van der Waals surface area contributed by atoms with Gasteiger partial charge in [0.15, 0.2) is 6.10 Å². The largest absolute Gasteiger partial charge is 0.434 e. The van der Waals surface area contributed by atoms with Crippen LogP contribution in [0.25, 0.3) is 0 Å². The molecule has 218 valence electrons. The Morgan fingerprint density at radius 3 is 2.22 bits per heavy atom. The summed E-state index contributed by atoms with van der Waals surface area (Å²) in [6.07, 6.45) is -2.72. The fourth-order valence-electron chi connectivity index (χ4n) is 4.72. The Hall–Kier alpha value is -3.73. The predicted octanol–water partition coefficient (Wildman–Crippen LogP) is 3.76. The Labute approximate surface area is 241 Å². The third kappa shape index (κ3) is 7.72. The molecule has 1 aliphatic heterocycles. The minimum atomic E-state index is -3.92. The lowest BCUT2D eigenvalue weighted by molar-refractivity contribution is -0.129. The van der Waals surface area contributed by atoms with Crippen LogP contribution in [0.3, 0.4) is 0 Å². The molecule has 1 saturated heterocycles. The first-order valence-corrected chi connectivity index (χ1v) is 15.1. The lowest BCUT2D eigenvalue weighted by atomic mass is 10.0. The molecule has 0 spiro atoms. The van der Waals surface area contributed by atoms with Crippen molar-refractivity contribution in [3.63, 3.8) is 0 Å². The van der Waals surface area contributed by atoms with Crippen LogP contribution in [-0.2, 0) is 26.0 Å². The highest BCUT2D eigenvalue weighted by molar-refractivity contribution is 7.89. The predicted molar refractivity (Wildman–Crippen MR) is 157 cm³/mol. The van der Waals surface area contributed by atoms with Crippen LogP contribution < -0.4 is 10.2 Å². The molecule has 3 aromatic carbocycles. The minimum absolute atomic E-state index is 0.00791. The Bertz CT molecular complexity index is 1420. The van der Waals surface area contributed by atoms with Crippen LogP contribution in [0.1, 0.15) is 25.0 Å². The number of amides is 2. The van der Waals surface area contributed by atoms with Crippen LogP contribution in [0.2, 0.25) is 0 Å². The number of carbonyl (C=O) groups excluding carboxylic acids is 2. The summed E-state index contributed by atoms with van der Waals surface area (Å²) in [5, 5.41) is 14.3. The number of hydrogen-bond acceptors (Lipinski definition) is 6. The molecule has 1 aliphatic rings. The van der Waals surface area contributed by atoms with Gasteiger partial charge in [0, 0.05) is 18.8 Å². The molecule has 2 amide bonds. The zero-order chi connectivity index (χ0) is 29.6. The SMILES string of the molecule is Cc1ccc(S(=O)(=O)N(CC(C)C)C[C@@H](O)[C@H](Cc2ccccc2)NC(=O)[C@@H]2CN(c3ccccc3)C(=O)O2)cc1. The normalized spacial score (nSPS) is 17.0. The van der Waals surface area contributed by atoms with Crippen molar-refractivity contribution in [3.8, 4) is 0 Å². The van der Waals surface area contributed by atoms with Gasteiger partial charge in [-0.1, -0.05) is 80.1 Å². The van der Waals surface area contributed by atoms with E-state index in [9.17, 15) is 23.1 Å². The van der Waals surface area contributed by atoms with E-state index in [1.165, 1.54) is 9.21 Å². The molecule has 3 atom stereocenters. The van der Waals surface area contributed by atoms with E-state index in [4.69, 9.17) is 4.74 Å². The van der Waals surface area contributed by atoms with Gasteiger partial charge in [0.05, 0.1) is 23.6 Å². The quantitative estimate of drug-likeness (QED) is 0.338. The van der Waals surface area contributed by atoms with Gasteiger partial charge in [0.1, 0.15) is 0 Å². The molecule has 0 aliphatic carbocycles. The fraction of sp³-hybridized carbons (Fsp3) is 0.355. The van der Waals surface area contributed by atoms with E-state index < -0.39 is 40.3 Å². The second-order valence-electron chi connectivity index (χ2n) is 10.7. The molecule has 41 heavy (non-hydrogen) atoms. The molecular formula is C31H37N3O6S. The highest BCUT2D eigenvalue weighted by Gasteiger charge is 2.39. The van der Waals surface area contributed by atoms with E-state index in [2.05, 4.69) is 5.32 Å². The number of hydrogen-bond donors (Lipinski definition) is 2. The van der Waals surface area contributed by atoms with Crippen molar-refractivity contribution in [2.75, 3.05) is 24.5 Å². The number of aliphatic hydroxyl groups excluding tert-OH is 1. The summed E-state index contributed by atoms with van der Waals surface area (Å²) in [6, 6.07) is 23.9. The maximum Gasteiger partial charge on any atom is 0.415 e. The van der Waals surface area contributed by atoms with Gasteiger partial charge in [-0.2, -0.15) is 4.31 Å². The van der Waals surface area contributed by atoms with Crippen LogP contribution >= 0.6 is 0 Å². The number of rotatable bonds is 12. The fourth-order valence-corrected chi connectivity index (χ4v) is 6.34. The summed E-state index contributed by atoms with van der Waals surface area (Å²) in [5.74, 6) is -0.569. The van der Waals surface area contributed by atoms with Crippen molar-refractivity contribution >= 4 is 27.7 Å². The Morgan fingerprint density at radius 2 is 1.61 bits per heavy atom. The molecule has 9 nitrogen and oxygen atoms in total. The molecule has 3 aromatic rings. The number of anilines is 1. The molecule has 1 heterocycles. The number of cyclic esters (lactones) is 1. The van der Waals surface area contributed by atoms with Crippen molar-refractivity contribution in [2.24, 2.45) is 5.92 Å². The topological polar surface area (TPSA) is 116 Å². The molecule has 10 heteroatoms. The number of carbonyl (C=O) groups is 2. The summed E-state index contributed by atoms with van der Waals surface area (Å²) < 4.78 is 33.8. The van der Waals surface area contributed by atoms with E-state index in [0.717, 1.165) is 11.1 Å². The molecule has 0 unspecified atom stereocenters. The average molecular weight is 580 g/mol. The minimum Gasteiger partial charge on any atom is -0.434 e. The van der Waals surface area contributed by atoms with Crippen LogP contribution in [-0.4, -0.2) is 67.7 Å². The Kier molecular flexibility index (Phi) is 9.80. The van der Waals surface area contributed by atoms with E-state index >= 15 is 0 Å². The molecule has 0 aromatic heterocycles. The highest BCUT2D eigenvalue weighted by atomic mass is 32.2. The summed E-state index contributed by atoms with van der Waals surface area (Å²) in [4.78, 5) is 27.4. The third-order valence-electron chi connectivity index (χ3n) is 6.88. The van der Waals surface area contributed by atoms with Crippen molar-refractivity contribution in [1.82, 2.24) is 9.62 Å². The first-order valence-electron chi connectivity index (χ1n) is 13.7. The van der Waals surface area contributed by atoms with Gasteiger partial charge in [-0.3, -0.25) is 9.69 Å². The summed E-state index contributed by atoms with van der Waals surface area (Å²) in [5.41, 5.74) is 2.39.